The molecule has 0 atom stereocenters. The van der Waals surface area contributed by atoms with E-state index >= 15 is 0 Å². The van der Waals surface area contributed by atoms with E-state index in [9.17, 15) is 4.39 Å². The molecule has 0 aliphatic carbocycles. The molecule has 0 radical (unpaired) electrons. The molecule has 0 bridgehead atoms. The van der Waals surface area contributed by atoms with Crippen molar-refractivity contribution in [3.63, 3.8) is 0 Å². The third kappa shape index (κ3) is 3.35. The summed E-state index contributed by atoms with van der Waals surface area (Å²) in [6.45, 7) is 3.37. The molecule has 2 aromatic rings. The molecule has 1 aromatic carbocycles. The number of aryl methyl sites for hydroxylation is 1. The van der Waals surface area contributed by atoms with Crippen LogP contribution in [-0.2, 0) is 13.1 Å². The molecule has 0 unspecified atom stereocenters. The van der Waals surface area contributed by atoms with E-state index in [1.165, 1.54) is 12.1 Å². The molecule has 0 saturated carbocycles. The van der Waals surface area contributed by atoms with Crippen LogP contribution < -0.4 is 10.2 Å². The number of halogens is 1. The summed E-state index contributed by atoms with van der Waals surface area (Å²) in [6, 6.07) is 8.60. The van der Waals surface area contributed by atoms with Crippen LogP contribution in [0.15, 0.2) is 34.7 Å². The minimum absolute atomic E-state index is 0.226. The number of nitrogens with one attached hydrogen (secondary N) is 1. The van der Waals surface area contributed by atoms with Gasteiger partial charge in [0.1, 0.15) is 17.3 Å². The third-order valence-electron chi connectivity index (χ3n) is 3.08. The van der Waals surface area contributed by atoms with Gasteiger partial charge in [0.25, 0.3) is 0 Å². The van der Waals surface area contributed by atoms with Crippen molar-refractivity contribution in [1.29, 1.82) is 0 Å². The van der Waals surface area contributed by atoms with E-state index < -0.39 is 0 Å². The van der Waals surface area contributed by atoms with Gasteiger partial charge in [-0.1, -0.05) is 6.07 Å². The van der Waals surface area contributed by atoms with Crippen LogP contribution in [0.2, 0.25) is 0 Å². The van der Waals surface area contributed by atoms with Crippen molar-refractivity contribution in [2.75, 3.05) is 19.0 Å². The summed E-state index contributed by atoms with van der Waals surface area (Å²) in [5.41, 5.74) is 1.99. The molecule has 1 aromatic heterocycles. The second kappa shape index (κ2) is 5.89. The van der Waals surface area contributed by atoms with Crippen molar-refractivity contribution in [2.24, 2.45) is 0 Å². The highest BCUT2D eigenvalue weighted by Crippen LogP contribution is 2.20. The van der Waals surface area contributed by atoms with Gasteiger partial charge in [0.2, 0.25) is 0 Å². The van der Waals surface area contributed by atoms with Gasteiger partial charge in [-0.05, 0) is 38.2 Å². The summed E-state index contributed by atoms with van der Waals surface area (Å²) in [5, 5.41) is 3.11. The van der Waals surface area contributed by atoms with E-state index in [4.69, 9.17) is 4.42 Å². The standard InChI is InChI=1S/C15H19FN2O/c1-11-12(9-17-2)7-15(19-11)10-18(3)14-6-4-5-13(16)8-14/h4-8,17H,9-10H2,1-3H3. The maximum absolute atomic E-state index is 13.2. The molecule has 102 valence electrons. The largest absolute Gasteiger partial charge is 0.464 e. The molecule has 1 N–H and O–H groups in total. The van der Waals surface area contributed by atoms with Crippen molar-refractivity contribution < 1.29 is 8.81 Å². The second-order valence-electron chi connectivity index (χ2n) is 4.66. The Hall–Kier alpha value is -1.81. The molecule has 19 heavy (non-hydrogen) atoms. The minimum Gasteiger partial charge on any atom is -0.464 e. The summed E-state index contributed by atoms with van der Waals surface area (Å²) in [4.78, 5) is 1.96. The molecule has 0 spiro atoms. The van der Waals surface area contributed by atoms with Crippen molar-refractivity contribution >= 4 is 5.69 Å². The van der Waals surface area contributed by atoms with E-state index in [0.29, 0.717) is 6.54 Å². The number of anilines is 1. The maximum atomic E-state index is 13.2. The van der Waals surface area contributed by atoms with E-state index in [2.05, 4.69) is 5.32 Å². The van der Waals surface area contributed by atoms with Crippen molar-refractivity contribution in [1.82, 2.24) is 5.32 Å². The Bertz CT molecular complexity index is 551. The number of furan rings is 1. The molecule has 0 aliphatic rings. The molecule has 0 saturated heterocycles. The Balaban J connectivity index is 2.10. The van der Waals surface area contributed by atoms with Crippen LogP contribution in [0.3, 0.4) is 0 Å². The molecule has 0 fully saturated rings. The molecular weight excluding hydrogens is 243 g/mol. The lowest BCUT2D eigenvalue weighted by molar-refractivity contribution is 0.478. The SMILES string of the molecule is CNCc1cc(CN(C)c2cccc(F)c2)oc1C. The first-order chi connectivity index (χ1) is 9.10. The fraction of sp³-hybridized carbons (Fsp3) is 0.333. The molecule has 0 aliphatic heterocycles. The topological polar surface area (TPSA) is 28.4 Å². The first-order valence-corrected chi connectivity index (χ1v) is 6.29. The zero-order valence-corrected chi connectivity index (χ0v) is 11.5. The van der Waals surface area contributed by atoms with E-state index in [0.717, 1.165) is 29.3 Å². The van der Waals surface area contributed by atoms with Gasteiger partial charge in [0.05, 0.1) is 6.54 Å². The monoisotopic (exact) mass is 262 g/mol. The Morgan fingerprint density at radius 1 is 1.32 bits per heavy atom. The Kier molecular flexibility index (Phi) is 4.22. The van der Waals surface area contributed by atoms with Gasteiger partial charge in [0, 0.05) is 24.8 Å². The molecule has 1 heterocycles. The summed E-state index contributed by atoms with van der Waals surface area (Å²) < 4.78 is 18.9. The summed E-state index contributed by atoms with van der Waals surface area (Å²) in [7, 11) is 3.83. The predicted octanol–water partition coefficient (Wildman–Crippen LogP) is 3.08. The van der Waals surface area contributed by atoms with Crippen LogP contribution in [0.25, 0.3) is 0 Å². The van der Waals surface area contributed by atoms with Gasteiger partial charge in [-0.25, -0.2) is 4.39 Å². The first-order valence-electron chi connectivity index (χ1n) is 6.29. The van der Waals surface area contributed by atoms with Gasteiger partial charge >= 0.3 is 0 Å². The van der Waals surface area contributed by atoms with Crippen LogP contribution in [0.1, 0.15) is 17.1 Å². The van der Waals surface area contributed by atoms with E-state index in [1.54, 1.807) is 6.07 Å². The highest BCUT2D eigenvalue weighted by Gasteiger charge is 2.10. The highest BCUT2D eigenvalue weighted by atomic mass is 19.1. The number of hydrogen-bond donors (Lipinski definition) is 1. The quantitative estimate of drug-likeness (QED) is 0.897. The van der Waals surface area contributed by atoms with Crippen LogP contribution >= 0.6 is 0 Å². The van der Waals surface area contributed by atoms with Crippen molar-refractivity contribution in [2.45, 2.75) is 20.0 Å². The number of rotatable bonds is 5. The van der Waals surface area contributed by atoms with Crippen LogP contribution in [0, 0.1) is 12.7 Å². The van der Waals surface area contributed by atoms with Gasteiger partial charge < -0.3 is 14.6 Å². The van der Waals surface area contributed by atoms with Crippen molar-refractivity contribution in [3.05, 3.63) is 53.2 Å². The lowest BCUT2D eigenvalue weighted by Crippen LogP contribution is -2.15. The zero-order chi connectivity index (χ0) is 13.8. The van der Waals surface area contributed by atoms with Gasteiger partial charge in [-0.2, -0.15) is 0 Å². The molecule has 4 heteroatoms. The number of nitrogens with zero attached hydrogens (tertiary/aromatic N) is 1. The fourth-order valence-electron chi connectivity index (χ4n) is 2.07. The molecule has 0 amide bonds. The lowest BCUT2D eigenvalue weighted by atomic mass is 10.2. The smallest absolute Gasteiger partial charge is 0.125 e. The van der Waals surface area contributed by atoms with Gasteiger partial charge in [-0.3, -0.25) is 0 Å². The fourth-order valence-corrected chi connectivity index (χ4v) is 2.07. The highest BCUT2D eigenvalue weighted by molar-refractivity contribution is 5.45. The maximum Gasteiger partial charge on any atom is 0.125 e. The van der Waals surface area contributed by atoms with Crippen LogP contribution in [-0.4, -0.2) is 14.1 Å². The second-order valence-corrected chi connectivity index (χ2v) is 4.66. The minimum atomic E-state index is -0.226. The van der Waals surface area contributed by atoms with Gasteiger partial charge in [0.15, 0.2) is 0 Å². The Morgan fingerprint density at radius 2 is 2.11 bits per heavy atom. The predicted molar refractivity (Wildman–Crippen MR) is 74.7 cm³/mol. The van der Waals surface area contributed by atoms with E-state index in [1.807, 2.05) is 38.1 Å². The Labute approximate surface area is 113 Å². The molecule has 2 rings (SSSR count). The Morgan fingerprint density at radius 3 is 2.79 bits per heavy atom. The first kappa shape index (κ1) is 13.6. The third-order valence-corrected chi connectivity index (χ3v) is 3.08. The molecule has 3 nitrogen and oxygen atoms in total. The number of hydrogen-bond acceptors (Lipinski definition) is 3. The number of benzene rings is 1. The summed E-state index contributed by atoms with van der Waals surface area (Å²) in [6.07, 6.45) is 0. The molecular formula is C15H19FN2O. The van der Waals surface area contributed by atoms with Crippen molar-refractivity contribution in [3.8, 4) is 0 Å². The average Bonchev–Trinajstić information content (AvgIpc) is 2.70. The van der Waals surface area contributed by atoms with E-state index in [-0.39, 0.29) is 5.82 Å². The summed E-state index contributed by atoms with van der Waals surface area (Å²) >= 11 is 0. The normalized spacial score (nSPS) is 10.7. The lowest BCUT2D eigenvalue weighted by Gasteiger charge is -2.17. The van der Waals surface area contributed by atoms with Crippen LogP contribution in [0.4, 0.5) is 10.1 Å². The zero-order valence-electron chi connectivity index (χ0n) is 11.5. The summed E-state index contributed by atoms with van der Waals surface area (Å²) in [5.74, 6) is 1.59. The van der Waals surface area contributed by atoms with Gasteiger partial charge in [-0.15, -0.1) is 0 Å². The average molecular weight is 262 g/mol. The van der Waals surface area contributed by atoms with Crippen LogP contribution in [0.5, 0.6) is 0 Å².